The quantitative estimate of drug-likeness (QED) is 0.474. The Labute approximate surface area is 162 Å². The average molecular weight is 415 g/mol. The molecule has 1 saturated heterocycles. The van der Waals surface area contributed by atoms with Crippen molar-refractivity contribution >= 4 is 18.1 Å². The molecule has 1 N–H and O–H groups in total. The molecule has 150 valence electrons. The number of amides is 1. The van der Waals surface area contributed by atoms with E-state index in [0.717, 1.165) is 0 Å². The third-order valence-corrected chi connectivity index (χ3v) is 5.80. The second-order valence-electron chi connectivity index (χ2n) is 7.11. The van der Waals surface area contributed by atoms with Crippen LogP contribution in [-0.4, -0.2) is 34.3 Å². The van der Waals surface area contributed by atoms with Gasteiger partial charge in [-0.05, 0) is 18.6 Å². The Morgan fingerprint density at radius 1 is 1.25 bits per heavy atom. The number of ether oxygens (including phenoxy) is 1. The number of nitrogens with one attached hydrogen (secondary N) is 1. The van der Waals surface area contributed by atoms with E-state index in [2.05, 4.69) is 5.32 Å². The number of hydrogen-bond acceptors (Lipinski definition) is 3. The molecule has 2 aliphatic heterocycles. The summed E-state index contributed by atoms with van der Waals surface area (Å²) in [7, 11) is 1.71. The zero-order valence-electron chi connectivity index (χ0n) is 14.9. The van der Waals surface area contributed by atoms with Gasteiger partial charge in [-0.15, -0.1) is 0 Å². The predicted molar refractivity (Wildman–Crippen MR) is 93.4 cm³/mol. The molecule has 1 unspecified atom stereocenters. The van der Waals surface area contributed by atoms with Crippen molar-refractivity contribution < 1.29 is 27.1 Å². The van der Waals surface area contributed by atoms with Crippen LogP contribution in [0, 0.1) is 28.0 Å². The van der Waals surface area contributed by atoms with Crippen LogP contribution in [0.25, 0.3) is 0 Å². The third-order valence-electron chi connectivity index (χ3n) is 5.31. The number of rotatable bonds is 4. The summed E-state index contributed by atoms with van der Waals surface area (Å²) in [5.74, 6) is -6.69. The molecule has 2 aromatic rings. The van der Waals surface area contributed by atoms with Gasteiger partial charge in [0.1, 0.15) is 0 Å². The molecule has 28 heavy (non-hydrogen) atoms. The molecule has 4 rings (SSSR count). The molecular weight excluding hydrogens is 398 g/mol. The van der Waals surface area contributed by atoms with Gasteiger partial charge >= 0.3 is 0 Å². The molecule has 0 saturated carbocycles. The van der Waals surface area contributed by atoms with Crippen LogP contribution in [0.1, 0.15) is 22.9 Å². The number of imidazole rings is 1. The Morgan fingerprint density at radius 3 is 2.46 bits per heavy atom. The van der Waals surface area contributed by atoms with Gasteiger partial charge in [0.2, 0.25) is 5.91 Å². The van der Waals surface area contributed by atoms with Crippen LogP contribution in [0.5, 0.6) is 0 Å². The smallest absolute Gasteiger partial charge is 0.226 e. The van der Waals surface area contributed by atoms with E-state index in [0.29, 0.717) is 29.4 Å². The molecule has 0 spiro atoms. The summed E-state index contributed by atoms with van der Waals surface area (Å²) >= 11 is 5.37. The van der Waals surface area contributed by atoms with Crippen molar-refractivity contribution in [1.29, 1.82) is 0 Å². The van der Waals surface area contributed by atoms with Crippen LogP contribution < -0.4 is 5.32 Å². The first-order chi connectivity index (χ1) is 13.3. The second kappa shape index (κ2) is 7.00. The highest BCUT2D eigenvalue weighted by Gasteiger charge is 2.34. The Kier molecular flexibility index (Phi) is 4.78. The summed E-state index contributed by atoms with van der Waals surface area (Å²) < 4.78 is 64.4. The maximum Gasteiger partial charge on any atom is 0.226 e. The fraction of sp³-hybridized carbons (Fsp3) is 0.444. The second-order valence-corrected chi connectivity index (χ2v) is 7.47. The molecule has 1 aromatic carbocycles. The van der Waals surface area contributed by atoms with Crippen molar-refractivity contribution in [3.8, 4) is 0 Å². The van der Waals surface area contributed by atoms with Crippen LogP contribution in [0.15, 0.2) is 6.07 Å². The molecule has 3 heterocycles. The van der Waals surface area contributed by atoms with E-state index in [-0.39, 0.29) is 37.4 Å². The van der Waals surface area contributed by atoms with E-state index in [1.54, 1.807) is 16.2 Å². The largest absolute Gasteiger partial charge is 0.377 e. The van der Waals surface area contributed by atoms with E-state index in [4.69, 9.17) is 17.0 Å². The van der Waals surface area contributed by atoms with E-state index in [1.165, 1.54) is 0 Å². The summed E-state index contributed by atoms with van der Waals surface area (Å²) in [4.78, 5) is 12.3. The molecule has 1 fully saturated rings. The van der Waals surface area contributed by atoms with Crippen molar-refractivity contribution in [2.45, 2.75) is 31.3 Å². The van der Waals surface area contributed by atoms with Crippen molar-refractivity contribution in [1.82, 2.24) is 14.5 Å². The van der Waals surface area contributed by atoms with Gasteiger partial charge in [0.05, 0.1) is 25.7 Å². The van der Waals surface area contributed by atoms with E-state index < -0.39 is 34.8 Å². The molecule has 1 amide bonds. The van der Waals surface area contributed by atoms with Crippen molar-refractivity contribution in [3.05, 3.63) is 51.1 Å². The zero-order valence-corrected chi connectivity index (χ0v) is 15.7. The third kappa shape index (κ3) is 3.04. The topological polar surface area (TPSA) is 48.2 Å². The van der Waals surface area contributed by atoms with Crippen LogP contribution in [0.3, 0.4) is 0 Å². The van der Waals surface area contributed by atoms with Crippen LogP contribution in [0.4, 0.5) is 17.6 Å². The minimum atomic E-state index is -1.43. The first kappa shape index (κ1) is 19.1. The number of halogens is 4. The van der Waals surface area contributed by atoms with Gasteiger partial charge in [-0.1, -0.05) is 0 Å². The Balaban J connectivity index is 1.64. The lowest BCUT2D eigenvalue weighted by Gasteiger charge is -2.26. The first-order valence-electron chi connectivity index (χ1n) is 8.75. The van der Waals surface area contributed by atoms with E-state index >= 15 is 0 Å². The van der Waals surface area contributed by atoms with Gasteiger partial charge in [0.25, 0.3) is 0 Å². The summed E-state index contributed by atoms with van der Waals surface area (Å²) in [5.41, 5.74) is 0.629. The van der Waals surface area contributed by atoms with Crippen molar-refractivity contribution in [2.24, 2.45) is 7.05 Å². The highest BCUT2D eigenvalue weighted by Crippen LogP contribution is 2.36. The molecular formula is C18H17F4N3O2S. The SMILES string of the molecule is Cn1c(CC(=O)NC2COC2)c2n(c1=S)CC(c1c(F)c(F)cc(F)c1F)C2. The van der Waals surface area contributed by atoms with Gasteiger partial charge in [-0.2, -0.15) is 0 Å². The summed E-state index contributed by atoms with van der Waals surface area (Å²) in [5, 5.41) is 2.83. The number of nitrogens with zero attached hydrogens (tertiary/aromatic N) is 2. The standard InChI is InChI=1S/C18H17F4N3O2S/c1-24-12(4-14(26)23-9-6-27-7-9)13-2-8(5-25(13)18(24)28)15-16(21)10(19)3-11(20)17(15)22/h3,8-9H,2,4-7H2,1H3,(H,23,26). The zero-order chi connectivity index (χ0) is 20.2. The number of carbonyl (C=O) groups is 1. The lowest BCUT2D eigenvalue weighted by Crippen LogP contribution is -2.49. The highest BCUT2D eigenvalue weighted by molar-refractivity contribution is 7.71. The minimum Gasteiger partial charge on any atom is -0.377 e. The van der Waals surface area contributed by atoms with Gasteiger partial charge in [-0.25, -0.2) is 17.6 Å². The molecule has 5 nitrogen and oxygen atoms in total. The Hall–Kier alpha value is -2.20. The van der Waals surface area contributed by atoms with Gasteiger partial charge in [0, 0.05) is 42.5 Å². The van der Waals surface area contributed by atoms with E-state index in [1.807, 2.05) is 0 Å². The summed E-state index contributed by atoms with van der Waals surface area (Å²) in [6.45, 7) is 1.00. The van der Waals surface area contributed by atoms with Gasteiger partial charge in [-0.3, -0.25) is 4.79 Å². The van der Waals surface area contributed by atoms with E-state index in [9.17, 15) is 22.4 Å². The molecule has 0 aliphatic carbocycles. The number of aromatic nitrogens is 2. The fourth-order valence-corrected chi connectivity index (χ4v) is 4.10. The maximum absolute atomic E-state index is 14.2. The molecule has 10 heteroatoms. The van der Waals surface area contributed by atoms with Crippen LogP contribution in [-0.2, 0) is 36.0 Å². The maximum atomic E-state index is 14.2. The highest BCUT2D eigenvalue weighted by atomic mass is 32.1. The molecule has 1 atom stereocenters. The summed E-state index contributed by atoms with van der Waals surface area (Å²) in [6.07, 6.45) is 0.157. The molecule has 0 radical (unpaired) electrons. The van der Waals surface area contributed by atoms with Crippen LogP contribution in [0.2, 0.25) is 0 Å². The number of carbonyl (C=O) groups excluding carboxylic acids is 1. The number of fused-ring (bicyclic) bond motifs is 1. The van der Waals surface area contributed by atoms with Gasteiger partial charge < -0.3 is 19.2 Å². The van der Waals surface area contributed by atoms with Crippen molar-refractivity contribution in [3.63, 3.8) is 0 Å². The first-order valence-corrected chi connectivity index (χ1v) is 9.16. The normalized spacial score (nSPS) is 18.8. The average Bonchev–Trinajstić information content (AvgIpc) is 3.12. The fourth-order valence-electron chi connectivity index (χ4n) is 3.81. The molecule has 0 bridgehead atoms. The van der Waals surface area contributed by atoms with Gasteiger partial charge in [0.15, 0.2) is 28.0 Å². The number of hydrogen-bond donors (Lipinski definition) is 1. The molecule has 2 aliphatic rings. The van der Waals surface area contributed by atoms with Crippen LogP contribution >= 0.6 is 12.2 Å². The lowest BCUT2D eigenvalue weighted by atomic mass is 9.94. The Bertz CT molecular complexity index is 1000. The Morgan fingerprint density at radius 2 is 1.89 bits per heavy atom. The lowest BCUT2D eigenvalue weighted by molar-refractivity contribution is -0.124. The predicted octanol–water partition coefficient (Wildman–Crippen LogP) is 2.51. The molecule has 1 aromatic heterocycles. The monoisotopic (exact) mass is 415 g/mol. The van der Waals surface area contributed by atoms with Crippen molar-refractivity contribution in [2.75, 3.05) is 13.2 Å². The summed E-state index contributed by atoms with van der Waals surface area (Å²) in [6, 6.07) is 0.171. The number of benzene rings is 1. The minimum absolute atomic E-state index is 0.0253.